The van der Waals surface area contributed by atoms with E-state index >= 15 is 0 Å². The number of likely N-dealkylation sites (tertiary alicyclic amines) is 1. The first kappa shape index (κ1) is 16.7. The Morgan fingerprint density at radius 2 is 1.71 bits per heavy atom. The molecular formula is C20H22FNO2. The lowest BCUT2D eigenvalue weighted by molar-refractivity contribution is 0.0193. The van der Waals surface area contributed by atoms with Crippen molar-refractivity contribution in [2.24, 2.45) is 5.92 Å². The van der Waals surface area contributed by atoms with E-state index in [9.17, 15) is 9.18 Å². The van der Waals surface area contributed by atoms with E-state index in [0.29, 0.717) is 19.0 Å². The maximum atomic E-state index is 13.8. The van der Waals surface area contributed by atoms with E-state index in [2.05, 4.69) is 12.1 Å². The normalized spacial score (nSPS) is 16.8. The minimum Gasteiger partial charge on any atom is -0.376 e. The quantitative estimate of drug-likeness (QED) is 0.847. The van der Waals surface area contributed by atoms with E-state index in [1.807, 2.05) is 18.2 Å². The van der Waals surface area contributed by atoms with Gasteiger partial charge in [-0.3, -0.25) is 4.79 Å². The van der Waals surface area contributed by atoms with Crippen LogP contribution in [0.5, 0.6) is 0 Å². The fourth-order valence-corrected chi connectivity index (χ4v) is 3.45. The Kier molecular flexibility index (Phi) is 5.26. The molecule has 1 saturated heterocycles. The highest BCUT2D eigenvalue weighted by Gasteiger charge is 2.30. The van der Waals surface area contributed by atoms with Crippen LogP contribution in [-0.4, -0.2) is 31.0 Å². The van der Waals surface area contributed by atoms with Crippen LogP contribution in [0.25, 0.3) is 0 Å². The van der Waals surface area contributed by atoms with Crippen molar-refractivity contribution in [1.82, 2.24) is 4.90 Å². The van der Waals surface area contributed by atoms with Gasteiger partial charge in [0.2, 0.25) is 0 Å². The zero-order chi connectivity index (χ0) is 16.9. The maximum absolute atomic E-state index is 13.8. The predicted octanol–water partition coefficient (Wildman–Crippen LogP) is 4.07. The number of piperidine rings is 1. The molecule has 0 bridgehead atoms. The summed E-state index contributed by atoms with van der Waals surface area (Å²) in [6.07, 6.45) is 1.75. The summed E-state index contributed by atoms with van der Waals surface area (Å²) in [4.78, 5) is 14.2. The van der Waals surface area contributed by atoms with Crippen LogP contribution in [0.3, 0.4) is 0 Å². The molecule has 3 nitrogen and oxygen atoms in total. The van der Waals surface area contributed by atoms with E-state index in [0.717, 1.165) is 12.8 Å². The summed E-state index contributed by atoms with van der Waals surface area (Å²) in [7, 11) is 1.73. The van der Waals surface area contributed by atoms with Gasteiger partial charge in [-0.15, -0.1) is 0 Å². The minimum atomic E-state index is -0.455. The van der Waals surface area contributed by atoms with Crippen molar-refractivity contribution < 1.29 is 13.9 Å². The number of amides is 1. The third-order valence-corrected chi connectivity index (χ3v) is 4.74. The third-order valence-electron chi connectivity index (χ3n) is 4.74. The zero-order valence-corrected chi connectivity index (χ0v) is 13.8. The molecule has 0 N–H and O–H groups in total. The number of hydrogen-bond donors (Lipinski definition) is 0. The first-order valence-corrected chi connectivity index (χ1v) is 8.32. The zero-order valence-electron chi connectivity index (χ0n) is 13.8. The molecular weight excluding hydrogens is 305 g/mol. The predicted molar refractivity (Wildman–Crippen MR) is 91.2 cm³/mol. The molecule has 126 valence electrons. The number of carbonyl (C=O) groups excluding carboxylic acids is 1. The van der Waals surface area contributed by atoms with Crippen LogP contribution >= 0.6 is 0 Å². The first-order valence-electron chi connectivity index (χ1n) is 8.32. The van der Waals surface area contributed by atoms with Crippen LogP contribution in [0.4, 0.5) is 4.39 Å². The van der Waals surface area contributed by atoms with Gasteiger partial charge in [-0.25, -0.2) is 4.39 Å². The van der Waals surface area contributed by atoms with Gasteiger partial charge in [0.05, 0.1) is 11.7 Å². The van der Waals surface area contributed by atoms with Gasteiger partial charge in [-0.1, -0.05) is 42.5 Å². The molecule has 24 heavy (non-hydrogen) atoms. The molecule has 1 heterocycles. The topological polar surface area (TPSA) is 29.5 Å². The summed E-state index contributed by atoms with van der Waals surface area (Å²) in [5.41, 5.74) is 1.32. The van der Waals surface area contributed by atoms with E-state index < -0.39 is 5.82 Å². The molecule has 0 saturated carbocycles. The fourth-order valence-electron chi connectivity index (χ4n) is 3.45. The van der Waals surface area contributed by atoms with Gasteiger partial charge >= 0.3 is 0 Å². The van der Waals surface area contributed by atoms with Crippen molar-refractivity contribution in [2.75, 3.05) is 20.2 Å². The van der Waals surface area contributed by atoms with Crippen molar-refractivity contribution in [1.29, 1.82) is 0 Å². The molecule has 1 unspecified atom stereocenters. The smallest absolute Gasteiger partial charge is 0.256 e. The number of hydrogen-bond acceptors (Lipinski definition) is 2. The number of nitrogens with zero attached hydrogens (tertiary/aromatic N) is 1. The van der Waals surface area contributed by atoms with Gasteiger partial charge in [0, 0.05) is 20.2 Å². The van der Waals surface area contributed by atoms with Crippen LogP contribution in [0, 0.1) is 11.7 Å². The molecule has 1 amide bonds. The van der Waals surface area contributed by atoms with Gasteiger partial charge < -0.3 is 9.64 Å². The summed E-state index contributed by atoms with van der Waals surface area (Å²) >= 11 is 0. The molecule has 4 heteroatoms. The monoisotopic (exact) mass is 327 g/mol. The number of methoxy groups -OCH3 is 1. The SMILES string of the molecule is COC(c1ccccc1)C1CCN(C(=O)c2ccccc2F)CC1. The van der Waals surface area contributed by atoms with Crippen molar-refractivity contribution in [3.05, 3.63) is 71.5 Å². The molecule has 1 fully saturated rings. The van der Waals surface area contributed by atoms with Crippen molar-refractivity contribution in [3.63, 3.8) is 0 Å². The van der Waals surface area contributed by atoms with Gasteiger partial charge in [-0.05, 0) is 36.5 Å². The van der Waals surface area contributed by atoms with Crippen molar-refractivity contribution in [3.8, 4) is 0 Å². The summed E-state index contributed by atoms with van der Waals surface area (Å²) < 4.78 is 19.5. The molecule has 1 aliphatic heterocycles. The molecule has 0 aromatic heterocycles. The number of rotatable bonds is 4. The van der Waals surface area contributed by atoms with Crippen LogP contribution in [-0.2, 0) is 4.74 Å². The summed E-state index contributed by atoms with van der Waals surface area (Å²) in [5, 5.41) is 0. The molecule has 1 aliphatic rings. The van der Waals surface area contributed by atoms with E-state index in [1.165, 1.54) is 11.6 Å². The highest BCUT2D eigenvalue weighted by molar-refractivity contribution is 5.94. The summed E-state index contributed by atoms with van der Waals surface area (Å²) in [6.45, 7) is 1.26. The minimum absolute atomic E-state index is 0.0388. The van der Waals surface area contributed by atoms with Crippen LogP contribution < -0.4 is 0 Å². The Bertz CT molecular complexity index is 681. The second kappa shape index (κ2) is 7.58. The molecule has 0 spiro atoms. The molecule has 1 atom stereocenters. The number of carbonyl (C=O) groups is 1. The van der Waals surface area contributed by atoms with Gasteiger partial charge in [0.1, 0.15) is 5.82 Å². The van der Waals surface area contributed by atoms with E-state index in [1.54, 1.807) is 30.2 Å². The molecule has 0 aliphatic carbocycles. The highest BCUT2D eigenvalue weighted by atomic mass is 19.1. The Morgan fingerprint density at radius 1 is 1.08 bits per heavy atom. The van der Waals surface area contributed by atoms with E-state index in [-0.39, 0.29) is 17.6 Å². The highest BCUT2D eigenvalue weighted by Crippen LogP contribution is 2.33. The van der Waals surface area contributed by atoms with E-state index in [4.69, 9.17) is 4.74 Å². The standard InChI is InChI=1S/C20H22FNO2/c1-24-19(15-7-3-2-4-8-15)16-11-13-22(14-12-16)20(23)17-9-5-6-10-18(17)21/h2-10,16,19H,11-14H2,1H3. The summed E-state index contributed by atoms with van der Waals surface area (Å²) in [5.74, 6) is -0.314. The first-order chi connectivity index (χ1) is 11.7. The molecule has 0 radical (unpaired) electrons. The van der Waals surface area contributed by atoms with Crippen molar-refractivity contribution in [2.45, 2.75) is 18.9 Å². The average molecular weight is 327 g/mol. The van der Waals surface area contributed by atoms with Crippen LogP contribution in [0.15, 0.2) is 54.6 Å². The lowest BCUT2D eigenvalue weighted by Crippen LogP contribution is -2.40. The largest absolute Gasteiger partial charge is 0.376 e. The van der Waals surface area contributed by atoms with Gasteiger partial charge in [-0.2, -0.15) is 0 Å². The Balaban J connectivity index is 1.65. The Hall–Kier alpha value is -2.20. The van der Waals surface area contributed by atoms with Gasteiger partial charge in [0.25, 0.3) is 5.91 Å². The Morgan fingerprint density at radius 3 is 2.33 bits per heavy atom. The van der Waals surface area contributed by atoms with Crippen LogP contribution in [0.1, 0.15) is 34.9 Å². The lowest BCUT2D eigenvalue weighted by Gasteiger charge is -2.35. The van der Waals surface area contributed by atoms with Crippen LogP contribution in [0.2, 0.25) is 0 Å². The number of ether oxygens (including phenoxy) is 1. The maximum Gasteiger partial charge on any atom is 0.256 e. The second-order valence-electron chi connectivity index (χ2n) is 6.18. The summed E-state index contributed by atoms with van der Waals surface area (Å²) in [6, 6.07) is 16.3. The molecule has 3 rings (SSSR count). The Labute approximate surface area is 142 Å². The fraction of sp³-hybridized carbons (Fsp3) is 0.350. The molecule has 2 aromatic rings. The lowest BCUT2D eigenvalue weighted by atomic mass is 9.87. The second-order valence-corrected chi connectivity index (χ2v) is 6.18. The van der Waals surface area contributed by atoms with Gasteiger partial charge in [0.15, 0.2) is 0 Å². The number of benzene rings is 2. The average Bonchev–Trinajstić information content (AvgIpc) is 2.64. The molecule has 2 aromatic carbocycles. The van der Waals surface area contributed by atoms with Crippen molar-refractivity contribution >= 4 is 5.91 Å². The number of halogens is 1. The third kappa shape index (κ3) is 3.49.